The van der Waals surface area contributed by atoms with E-state index in [0.717, 1.165) is 29.5 Å². The summed E-state index contributed by atoms with van der Waals surface area (Å²) in [5, 5.41) is 2.81. The van der Waals surface area contributed by atoms with Crippen LogP contribution in [0.15, 0.2) is 101 Å². The predicted molar refractivity (Wildman–Crippen MR) is 136 cm³/mol. The summed E-state index contributed by atoms with van der Waals surface area (Å²) in [5.41, 5.74) is 9.81. The zero-order valence-electron chi connectivity index (χ0n) is 18.8. The highest BCUT2D eigenvalue weighted by Crippen LogP contribution is 2.43. The maximum atomic E-state index is 13.5. The Morgan fingerprint density at radius 2 is 1.57 bits per heavy atom. The van der Waals surface area contributed by atoms with Gasteiger partial charge in [-0.1, -0.05) is 36.4 Å². The molecule has 0 spiro atoms. The van der Waals surface area contributed by atoms with Crippen LogP contribution in [-0.4, -0.2) is 10.1 Å². The lowest BCUT2D eigenvalue weighted by atomic mass is 10.0. The number of carbonyl (C=O) groups excluding carboxylic acids is 1. The van der Waals surface area contributed by atoms with Crippen LogP contribution in [0.2, 0.25) is 0 Å². The van der Waals surface area contributed by atoms with Gasteiger partial charge in [0.15, 0.2) is 0 Å². The van der Waals surface area contributed by atoms with Crippen LogP contribution >= 0.6 is 0 Å². The van der Waals surface area contributed by atoms with Crippen LogP contribution in [0.5, 0.6) is 0 Å². The number of carbonyl (C=O) groups is 1. The topological polar surface area (TPSA) is 96.0 Å². The number of benzene rings is 4. The summed E-state index contributed by atoms with van der Waals surface area (Å²) in [7, 11) is -3.20. The van der Waals surface area contributed by atoms with E-state index in [1.165, 1.54) is 12.1 Å². The van der Waals surface area contributed by atoms with Crippen molar-refractivity contribution in [2.24, 2.45) is 0 Å². The molecule has 0 radical (unpaired) electrons. The molecule has 4 aromatic rings. The predicted octanol–water partition coefficient (Wildman–Crippen LogP) is 6.67. The second-order valence-corrected chi connectivity index (χ2v) is 10.7. The number of hydrogen-bond acceptors (Lipinski definition) is 4. The van der Waals surface area contributed by atoms with Gasteiger partial charge in [0.2, 0.25) is 0 Å². The molecule has 1 aliphatic rings. The maximum Gasteiger partial charge on any atom is 0.255 e. The van der Waals surface area contributed by atoms with Crippen molar-refractivity contribution in [3.63, 3.8) is 0 Å². The Morgan fingerprint density at radius 3 is 2.26 bits per heavy atom. The Hall–Kier alpha value is -3.97. The third-order valence-electron chi connectivity index (χ3n) is 6.17. The molecule has 35 heavy (non-hydrogen) atoms. The van der Waals surface area contributed by atoms with Crippen molar-refractivity contribution in [3.8, 4) is 11.1 Å². The van der Waals surface area contributed by atoms with Crippen LogP contribution in [0.4, 0.5) is 15.8 Å². The highest BCUT2D eigenvalue weighted by Gasteiger charge is 2.29. The molecular formula is C28H24FN3O2S. The number of nitrogens with one attached hydrogen (secondary N) is 2. The van der Waals surface area contributed by atoms with Crippen LogP contribution in [0.25, 0.3) is 11.1 Å². The maximum absolute atomic E-state index is 13.5. The van der Waals surface area contributed by atoms with E-state index in [0.29, 0.717) is 32.6 Å². The number of nitrogens with two attached hydrogens (primary N) is 1. The van der Waals surface area contributed by atoms with Crippen LogP contribution < -0.4 is 11.1 Å². The Labute approximate surface area is 203 Å². The van der Waals surface area contributed by atoms with Crippen molar-refractivity contribution in [1.29, 1.82) is 4.78 Å². The van der Waals surface area contributed by atoms with Crippen molar-refractivity contribution in [1.82, 2.24) is 0 Å². The van der Waals surface area contributed by atoms with Crippen molar-refractivity contribution in [3.05, 3.63) is 108 Å². The third kappa shape index (κ3) is 4.68. The van der Waals surface area contributed by atoms with Crippen molar-refractivity contribution in [2.45, 2.75) is 28.6 Å². The summed E-state index contributed by atoms with van der Waals surface area (Å²) in [6.45, 7) is 0. The van der Waals surface area contributed by atoms with E-state index in [1.807, 2.05) is 18.2 Å². The summed E-state index contributed by atoms with van der Waals surface area (Å²) in [4.78, 5) is 13.8. The largest absolute Gasteiger partial charge is 0.397 e. The second kappa shape index (κ2) is 9.00. The van der Waals surface area contributed by atoms with E-state index < -0.39 is 9.73 Å². The fraction of sp³-hybridized carbons (Fsp3) is 0.107. The molecule has 0 saturated heterocycles. The van der Waals surface area contributed by atoms with E-state index in [4.69, 9.17) is 10.5 Å². The van der Waals surface area contributed by atoms with E-state index in [9.17, 15) is 13.4 Å². The molecule has 4 aromatic carbocycles. The molecule has 1 amide bonds. The van der Waals surface area contributed by atoms with Gasteiger partial charge in [-0.3, -0.25) is 4.79 Å². The Kier molecular flexibility index (Phi) is 5.86. The van der Waals surface area contributed by atoms with Gasteiger partial charge in [0, 0.05) is 5.56 Å². The number of anilines is 2. The minimum atomic E-state index is -3.20. The highest BCUT2D eigenvalue weighted by molar-refractivity contribution is 7.92. The van der Waals surface area contributed by atoms with Crippen LogP contribution in [-0.2, 0) is 9.73 Å². The molecule has 5 nitrogen and oxygen atoms in total. The Morgan fingerprint density at radius 1 is 0.914 bits per heavy atom. The van der Waals surface area contributed by atoms with E-state index in [-0.39, 0.29) is 11.7 Å². The molecular weight excluding hydrogens is 461 g/mol. The first-order valence-electron chi connectivity index (χ1n) is 11.3. The number of halogens is 1. The first-order valence-corrected chi connectivity index (χ1v) is 12.8. The van der Waals surface area contributed by atoms with Crippen molar-refractivity contribution in [2.75, 3.05) is 11.1 Å². The minimum Gasteiger partial charge on any atom is -0.397 e. The first-order chi connectivity index (χ1) is 16.8. The van der Waals surface area contributed by atoms with Gasteiger partial charge in [0.1, 0.15) is 15.5 Å². The molecule has 4 N–H and O–H groups in total. The van der Waals surface area contributed by atoms with Crippen LogP contribution in [0, 0.1) is 10.6 Å². The van der Waals surface area contributed by atoms with Crippen molar-refractivity contribution >= 4 is 27.0 Å². The summed E-state index contributed by atoms with van der Waals surface area (Å²) in [6, 6.07) is 25.0. The number of rotatable bonds is 6. The standard InChI is InChI=1S/C28H24FN3O2S/c29-22-12-7-18(8-13-22)21-11-16-25(30)26(17-21)32-28(33)20-9-14-23(15-10-20)35(31,34)27-4-2-1-3-24(27)19-5-6-19/h1-4,7-17,19,31H,5-6,30H2,(H,32,33). The van der Waals surface area contributed by atoms with Crippen molar-refractivity contribution < 1.29 is 13.4 Å². The number of nitrogen functional groups attached to an aromatic ring is 1. The monoisotopic (exact) mass is 485 g/mol. The van der Waals surface area contributed by atoms with Gasteiger partial charge in [-0.25, -0.2) is 13.4 Å². The molecule has 1 atom stereocenters. The molecule has 1 unspecified atom stereocenters. The molecule has 0 bridgehead atoms. The van der Waals surface area contributed by atoms with Gasteiger partial charge in [0.25, 0.3) is 5.91 Å². The Bertz CT molecular complexity index is 1510. The molecule has 0 heterocycles. The van der Waals surface area contributed by atoms with E-state index in [2.05, 4.69) is 5.32 Å². The first kappa shape index (κ1) is 22.8. The SMILES string of the molecule is N=S(=O)(c1ccc(C(=O)Nc2cc(-c3ccc(F)cc3)ccc2N)cc1)c1ccccc1C1CC1. The van der Waals surface area contributed by atoms with Gasteiger partial charge < -0.3 is 11.1 Å². The molecule has 0 aromatic heterocycles. The minimum absolute atomic E-state index is 0.325. The Balaban J connectivity index is 1.37. The van der Waals surface area contributed by atoms with Gasteiger partial charge in [-0.2, -0.15) is 0 Å². The highest BCUT2D eigenvalue weighted by atomic mass is 32.2. The van der Waals surface area contributed by atoms with E-state index >= 15 is 0 Å². The fourth-order valence-electron chi connectivity index (χ4n) is 4.08. The summed E-state index contributed by atoms with van der Waals surface area (Å²) in [5.74, 6) is -0.332. The lowest BCUT2D eigenvalue weighted by molar-refractivity contribution is 0.102. The average Bonchev–Trinajstić information content (AvgIpc) is 3.71. The van der Waals surface area contributed by atoms with Gasteiger partial charge in [-0.15, -0.1) is 0 Å². The third-order valence-corrected chi connectivity index (χ3v) is 8.10. The normalized spacial score (nSPS) is 14.8. The van der Waals surface area contributed by atoms with Crippen LogP contribution in [0.1, 0.15) is 34.7 Å². The fourth-order valence-corrected chi connectivity index (χ4v) is 5.69. The quantitative estimate of drug-likeness (QED) is 0.266. The zero-order chi connectivity index (χ0) is 24.6. The average molecular weight is 486 g/mol. The smallest absolute Gasteiger partial charge is 0.255 e. The molecule has 1 saturated carbocycles. The molecule has 1 fully saturated rings. The summed E-state index contributed by atoms with van der Waals surface area (Å²) >= 11 is 0. The molecule has 1 aliphatic carbocycles. The van der Waals surface area contributed by atoms with Gasteiger partial charge in [-0.05, 0) is 90.0 Å². The number of amides is 1. The summed E-state index contributed by atoms with van der Waals surface area (Å²) < 4.78 is 35.4. The lowest BCUT2D eigenvalue weighted by Crippen LogP contribution is -2.13. The molecule has 176 valence electrons. The van der Waals surface area contributed by atoms with Gasteiger partial charge >= 0.3 is 0 Å². The molecule has 5 rings (SSSR count). The zero-order valence-corrected chi connectivity index (χ0v) is 19.6. The van der Waals surface area contributed by atoms with Crippen LogP contribution in [0.3, 0.4) is 0 Å². The molecule has 7 heteroatoms. The lowest BCUT2D eigenvalue weighted by Gasteiger charge is -2.14. The van der Waals surface area contributed by atoms with Gasteiger partial charge in [0.05, 0.1) is 21.2 Å². The van der Waals surface area contributed by atoms with E-state index in [1.54, 1.807) is 60.7 Å². The molecule has 0 aliphatic heterocycles. The summed E-state index contributed by atoms with van der Waals surface area (Å²) in [6.07, 6.45) is 2.11. The number of hydrogen-bond donors (Lipinski definition) is 3. The second-order valence-electron chi connectivity index (χ2n) is 8.66.